The molecule has 1 atom stereocenters. The minimum Gasteiger partial charge on any atom is -0.507 e. The van der Waals surface area contributed by atoms with Gasteiger partial charge in [0, 0.05) is 12.1 Å². The summed E-state index contributed by atoms with van der Waals surface area (Å²) in [5, 5.41) is 11.3. The summed E-state index contributed by atoms with van der Waals surface area (Å²) >= 11 is 0. The van der Waals surface area contributed by atoms with Crippen LogP contribution >= 0.6 is 0 Å². The van der Waals surface area contributed by atoms with E-state index in [-0.39, 0.29) is 17.3 Å². The normalized spacial score (nSPS) is 17.8. The summed E-state index contributed by atoms with van der Waals surface area (Å²) in [4.78, 5) is 27.8. The Labute approximate surface area is 197 Å². The van der Waals surface area contributed by atoms with E-state index in [1.807, 2.05) is 44.2 Å². The zero-order valence-corrected chi connectivity index (χ0v) is 20.4. The van der Waals surface area contributed by atoms with Crippen molar-refractivity contribution < 1.29 is 19.4 Å². The van der Waals surface area contributed by atoms with E-state index in [0.29, 0.717) is 12.1 Å². The molecule has 2 aromatic carbocycles. The third kappa shape index (κ3) is 4.97. The minimum absolute atomic E-state index is 0.138. The van der Waals surface area contributed by atoms with Gasteiger partial charge in [0.1, 0.15) is 11.5 Å². The summed E-state index contributed by atoms with van der Waals surface area (Å²) < 4.78 is 5.46. The summed E-state index contributed by atoms with van der Waals surface area (Å²) in [6.07, 6.45) is 3.71. The van der Waals surface area contributed by atoms with Crippen LogP contribution in [0.5, 0.6) is 5.75 Å². The topological polar surface area (TPSA) is 66.8 Å². The molecule has 5 nitrogen and oxygen atoms in total. The van der Waals surface area contributed by atoms with Crippen LogP contribution in [0.4, 0.5) is 0 Å². The van der Waals surface area contributed by atoms with E-state index >= 15 is 0 Å². The molecule has 1 aliphatic heterocycles. The molecule has 1 N–H and O–H groups in total. The molecular formula is C28H35NO4. The van der Waals surface area contributed by atoms with Crippen molar-refractivity contribution in [2.45, 2.75) is 65.3 Å². The molecule has 1 amide bonds. The van der Waals surface area contributed by atoms with Crippen LogP contribution in [0.3, 0.4) is 0 Å². The summed E-state index contributed by atoms with van der Waals surface area (Å²) in [5.41, 5.74) is 3.62. The Bertz CT molecular complexity index is 1040. The highest BCUT2D eigenvalue weighted by Crippen LogP contribution is 2.40. The van der Waals surface area contributed by atoms with E-state index in [2.05, 4.69) is 13.8 Å². The Kier molecular flexibility index (Phi) is 7.96. The van der Waals surface area contributed by atoms with Crippen LogP contribution in [0.25, 0.3) is 5.76 Å². The predicted octanol–water partition coefficient (Wildman–Crippen LogP) is 5.99. The highest BCUT2D eigenvalue weighted by Gasteiger charge is 2.45. The summed E-state index contributed by atoms with van der Waals surface area (Å²) in [6.45, 7) is 8.76. The van der Waals surface area contributed by atoms with Gasteiger partial charge in [-0.3, -0.25) is 9.59 Å². The third-order valence-electron chi connectivity index (χ3n) is 6.37. The maximum atomic E-state index is 13.2. The number of ketones is 1. The Hall–Kier alpha value is -3.08. The van der Waals surface area contributed by atoms with E-state index in [9.17, 15) is 14.7 Å². The lowest BCUT2D eigenvalue weighted by atomic mass is 9.92. The molecule has 1 saturated heterocycles. The second kappa shape index (κ2) is 10.7. The van der Waals surface area contributed by atoms with Crippen molar-refractivity contribution in [3.05, 3.63) is 70.3 Å². The fourth-order valence-corrected chi connectivity index (χ4v) is 4.41. The van der Waals surface area contributed by atoms with Gasteiger partial charge in [-0.25, -0.2) is 0 Å². The molecule has 0 radical (unpaired) electrons. The smallest absolute Gasteiger partial charge is 0.295 e. The molecule has 176 valence electrons. The van der Waals surface area contributed by atoms with Crippen molar-refractivity contribution >= 4 is 17.4 Å². The zero-order valence-electron chi connectivity index (χ0n) is 20.4. The summed E-state index contributed by atoms with van der Waals surface area (Å²) in [7, 11) is 1.61. The number of carbonyl (C=O) groups is 2. The maximum Gasteiger partial charge on any atom is 0.295 e. The van der Waals surface area contributed by atoms with Crippen molar-refractivity contribution in [3.63, 3.8) is 0 Å². The fraction of sp³-hybridized carbons (Fsp3) is 0.429. The third-order valence-corrected chi connectivity index (χ3v) is 6.37. The molecule has 3 rings (SSSR count). The van der Waals surface area contributed by atoms with Crippen molar-refractivity contribution in [1.82, 2.24) is 4.90 Å². The Morgan fingerprint density at radius 3 is 2.33 bits per heavy atom. The number of hydrogen-bond acceptors (Lipinski definition) is 4. The largest absolute Gasteiger partial charge is 0.507 e. The first-order valence-corrected chi connectivity index (χ1v) is 11.9. The van der Waals surface area contributed by atoms with Gasteiger partial charge in [-0.15, -0.1) is 0 Å². The minimum atomic E-state index is -0.629. The molecule has 1 heterocycles. The average Bonchev–Trinajstić information content (AvgIpc) is 3.08. The van der Waals surface area contributed by atoms with Crippen LogP contribution in [-0.4, -0.2) is 35.4 Å². The number of benzene rings is 2. The molecule has 1 unspecified atom stereocenters. The molecule has 5 heteroatoms. The number of aliphatic hydroxyl groups excluding tert-OH is 1. The van der Waals surface area contributed by atoms with Crippen molar-refractivity contribution in [3.8, 4) is 5.75 Å². The number of likely N-dealkylation sites (tertiary alicyclic amines) is 1. The number of methoxy groups -OCH3 is 1. The first kappa shape index (κ1) is 24.6. The van der Waals surface area contributed by atoms with Gasteiger partial charge in [-0.2, -0.15) is 0 Å². The van der Waals surface area contributed by atoms with Crippen molar-refractivity contribution in [2.75, 3.05) is 13.7 Å². The van der Waals surface area contributed by atoms with E-state index in [0.717, 1.165) is 42.6 Å². The van der Waals surface area contributed by atoms with Gasteiger partial charge in [-0.1, -0.05) is 64.8 Å². The quantitative estimate of drug-likeness (QED) is 0.221. The maximum absolute atomic E-state index is 13.2. The number of carbonyl (C=O) groups excluding carboxylic acids is 2. The second-order valence-electron chi connectivity index (χ2n) is 8.91. The van der Waals surface area contributed by atoms with Gasteiger partial charge in [0.05, 0.1) is 18.7 Å². The fourth-order valence-electron chi connectivity index (χ4n) is 4.41. The molecule has 0 aliphatic carbocycles. The number of aliphatic hydroxyl groups is 1. The van der Waals surface area contributed by atoms with Crippen molar-refractivity contribution in [2.24, 2.45) is 0 Å². The van der Waals surface area contributed by atoms with E-state index in [1.54, 1.807) is 24.1 Å². The number of rotatable bonds is 9. The van der Waals surface area contributed by atoms with Crippen LogP contribution < -0.4 is 4.74 Å². The molecule has 1 aliphatic rings. The van der Waals surface area contributed by atoms with E-state index in [1.165, 1.54) is 5.56 Å². The number of aryl methyl sites for hydroxylation is 1. The van der Waals surface area contributed by atoms with Crippen molar-refractivity contribution in [1.29, 1.82) is 0 Å². The molecule has 0 saturated carbocycles. The molecule has 1 fully saturated rings. The lowest BCUT2D eigenvalue weighted by molar-refractivity contribution is -0.139. The number of nitrogens with zero attached hydrogens (tertiary/aromatic N) is 1. The Morgan fingerprint density at radius 1 is 1.06 bits per heavy atom. The number of ether oxygens (including phenoxy) is 1. The van der Waals surface area contributed by atoms with Gasteiger partial charge in [0.15, 0.2) is 0 Å². The molecule has 0 spiro atoms. The molecular weight excluding hydrogens is 414 g/mol. The number of hydrogen-bond donors (Lipinski definition) is 1. The zero-order chi connectivity index (χ0) is 24.1. The number of Topliss-reactive ketones (excluding diaryl/α,β-unsaturated/α-hetero) is 1. The van der Waals surface area contributed by atoms with Gasteiger partial charge in [0.25, 0.3) is 11.7 Å². The van der Waals surface area contributed by atoms with E-state index in [4.69, 9.17) is 4.74 Å². The summed E-state index contributed by atoms with van der Waals surface area (Å²) in [6, 6.07) is 12.7. The molecule has 33 heavy (non-hydrogen) atoms. The standard InChI is InChI=1S/C28H35NO4/c1-6-8-9-16-29-25(20-12-10-19(7-2)11-13-20)24(27(31)28(29)32)26(30)21-14-15-23(33-5)22(17-21)18(3)4/h10-15,17-18,25,30H,6-9,16H2,1-5H3/b26-24-. The first-order valence-electron chi connectivity index (χ1n) is 11.9. The van der Waals surface area contributed by atoms with Gasteiger partial charge in [0.2, 0.25) is 0 Å². The van der Waals surface area contributed by atoms with Crippen LogP contribution in [0.15, 0.2) is 48.0 Å². The lowest BCUT2D eigenvalue weighted by Crippen LogP contribution is -2.30. The molecule has 2 aromatic rings. The lowest BCUT2D eigenvalue weighted by Gasteiger charge is -2.25. The number of amides is 1. The van der Waals surface area contributed by atoms with Crippen LogP contribution in [0.2, 0.25) is 0 Å². The Morgan fingerprint density at radius 2 is 1.76 bits per heavy atom. The first-order chi connectivity index (χ1) is 15.8. The van der Waals surface area contributed by atoms with Gasteiger partial charge < -0.3 is 14.7 Å². The highest BCUT2D eigenvalue weighted by molar-refractivity contribution is 6.46. The Balaban J connectivity index is 2.15. The SMILES string of the molecule is CCCCCN1C(=O)C(=O)/C(=C(\O)c2ccc(OC)c(C(C)C)c2)C1c1ccc(CC)cc1. The predicted molar refractivity (Wildman–Crippen MR) is 131 cm³/mol. The van der Waals surface area contributed by atoms with Gasteiger partial charge >= 0.3 is 0 Å². The summed E-state index contributed by atoms with van der Waals surface area (Å²) in [5.74, 6) is -0.416. The van der Waals surface area contributed by atoms with Gasteiger partial charge in [-0.05, 0) is 53.6 Å². The van der Waals surface area contributed by atoms with E-state index < -0.39 is 17.7 Å². The van der Waals surface area contributed by atoms with Crippen LogP contribution in [0.1, 0.15) is 81.2 Å². The van der Waals surface area contributed by atoms with Crippen LogP contribution in [-0.2, 0) is 16.0 Å². The molecule has 0 aromatic heterocycles. The average molecular weight is 450 g/mol. The van der Waals surface area contributed by atoms with Crippen LogP contribution in [0, 0.1) is 0 Å². The number of unbranched alkanes of at least 4 members (excludes halogenated alkanes) is 2. The molecule has 0 bridgehead atoms. The second-order valence-corrected chi connectivity index (χ2v) is 8.91. The highest BCUT2D eigenvalue weighted by atomic mass is 16.5. The monoisotopic (exact) mass is 449 g/mol.